The molecule has 0 amide bonds. The Morgan fingerprint density at radius 3 is 2.88 bits per heavy atom. The first-order valence-corrected chi connectivity index (χ1v) is 5.25. The third kappa shape index (κ3) is 3.06. The average molecular weight is 227 g/mol. The van der Waals surface area contributed by atoms with Crippen LogP contribution in [0.15, 0.2) is 30.0 Å². The van der Waals surface area contributed by atoms with Crippen molar-refractivity contribution in [2.45, 2.75) is 31.7 Å². The Morgan fingerprint density at radius 2 is 2.38 bits per heavy atom. The molecule has 1 rings (SSSR count). The van der Waals surface area contributed by atoms with E-state index in [0.717, 1.165) is 0 Å². The van der Waals surface area contributed by atoms with E-state index in [1.165, 1.54) is 12.3 Å². The van der Waals surface area contributed by atoms with Crippen molar-refractivity contribution < 1.29 is 9.50 Å². The Balaban J connectivity index is 2.59. The molecule has 0 aromatic heterocycles. The quantitative estimate of drug-likeness (QED) is 0.489. The smallest absolute Gasteiger partial charge is 0.148 e. The lowest BCUT2D eigenvalue weighted by molar-refractivity contribution is 0.0712. The molecule has 0 spiro atoms. The summed E-state index contributed by atoms with van der Waals surface area (Å²) in [4.78, 5) is 4.03. The normalized spacial score (nSPS) is 35.6. The van der Waals surface area contributed by atoms with Crippen molar-refractivity contribution in [2.24, 2.45) is 16.6 Å². The maximum Gasteiger partial charge on any atom is 0.148 e. The zero-order chi connectivity index (χ0) is 12.1. The van der Waals surface area contributed by atoms with Crippen LogP contribution in [0.3, 0.4) is 0 Å². The van der Waals surface area contributed by atoms with Gasteiger partial charge in [-0.15, -0.1) is 0 Å². The fourth-order valence-corrected chi connectivity index (χ4v) is 1.75. The summed E-state index contributed by atoms with van der Waals surface area (Å²) in [6, 6.07) is -0.543. The topological polar surface area (TPSA) is 70.6 Å². The van der Waals surface area contributed by atoms with Crippen LogP contribution in [-0.2, 0) is 0 Å². The molecule has 4 nitrogen and oxygen atoms in total. The predicted octanol–water partition coefficient (Wildman–Crippen LogP) is 0.698. The van der Waals surface area contributed by atoms with E-state index >= 15 is 0 Å². The van der Waals surface area contributed by atoms with E-state index in [0.29, 0.717) is 6.42 Å². The van der Waals surface area contributed by atoms with Gasteiger partial charge in [-0.25, -0.2) is 4.39 Å². The minimum atomic E-state index is -1.32. The number of nitrogens with one attached hydrogen (secondary N) is 1. The Hall–Kier alpha value is -1.36. The summed E-state index contributed by atoms with van der Waals surface area (Å²) >= 11 is 0. The van der Waals surface area contributed by atoms with Crippen molar-refractivity contribution in [3.63, 3.8) is 0 Å². The maximum absolute atomic E-state index is 13.5. The predicted molar refractivity (Wildman–Crippen MR) is 62.6 cm³/mol. The number of hydrogen-bond donors (Lipinski definition) is 3. The van der Waals surface area contributed by atoms with Gasteiger partial charge in [0, 0.05) is 6.20 Å². The first-order valence-electron chi connectivity index (χ1n) is 5.25. The SMILES string of the molecule is C=CN/C=C\C(N)=NC1CC(C)C(O)C1F. The molecule has 0 aromatic rings. The zero-order valence-electron chi connectivity index (χ0n) is 9.31. The second-order valence-electron chi connectivity index (χ2n) is 3.97. The number of rotatable bonds is 4. The number of nitrogens with two attached hydrogens (primary N) is 1. The fourth-order valence-electron chi connectivity index (χ4n) is 1.75. The van der Waals surface area contributed by atoms with Crippen LogP contribution in [0.1, 0.15) is 13.3 Å². The first kappa shape index (κ1) is 12.7. The van der Waals surface area contributed by atoms with Gasteiger partial charge in [0.1, 0.15) is 12.0 Å². The number of halogens is 1. The molecule has 1 saturated carbocycles. The summed E-state index contributed by atoms with van der Waals surface area (Å²) in [5.74, 6) is 0.162. The van der Waals surface area contributed by atoms with E-state index in [-0.39, 0.29) is 11.8 Å². The molecular formula is C11H18FN3O. The van der Waals surface area contributed by atoms with Crippen LogP contribution < -0.4 is 11.1 Å². The van der Waals surface area contributed by atoms with Gasteiger partial charge in [-0.3, -0.25) is 4.99 Å². The van der Waals surface area contributed by atoms with Gasteiger partial charge in [-0.05, 0) is 24.6 Å². The van der Waals surface area contributed by atoms with E-state index in [2.05, 4.69) is 16.9 Å². The second-order valence-corrected chi connectivity index (χ2v) is 3.97. The van der Waals surface area contributed by atoms with E-state index in [1.54, 1.807) is 13.1 Å². The molecule has 0 radical (unpaired) electrons. The highest BCUT2D eigenvalue weighted by molar-refractivity contribution is 5.91. The summed E-state index contributed by atoms with van der Waals surface area (Å²) in [5, 5.41) is 12.1. The Morgan fingerprint density at radius 1 is 1.69 bits per heavy atom. The van der Waals surface area contributed by atoms with Crippen LogP contribution in [0.4, 0.5) is 4.39 Å². The summed E-state index contributed by atoms with van der Waals surface area (Å²) in [7, 11) is 0. The second kappa shape index (κ2) is 5.65. The molecule has 1 aliphatic rings. The van der Waals surface area contributed by atoms with Crippen molar-refractivity contribution in [1.82, 2.24) is 5.32 Å². The number of hydrogen-bond acceptors (Lipinski definition) is 3. The third-order valence-electron chi connectivity index (χ3n) is 2.67. The Bertz CT molecular complexity index is 304. The number of alkyl halides is 1. The van der Waals surface area contributed by atoms with Crippen molar-refractivity contribution in [2.75, 3.05) is 0 Å². The number of aliphatic hydroxyl groups excluding tert-OH is 1. The van der Waals surface area contributed by atoms with Crippen LogP contribution in [0.5, 0.6) is 0 Å². The molecule has 0 bridgehead atoms. The van der Waals surface area contributed by atoms with Crippen molar-refractivity contribution in [1.29, 1.82) is 0 Å². The Labute approximate surface area is 94.7 Å². The highest BCUT2D eigenvalue weighted by atomic mass is 19.1. The summed E-state index contributed by atoms with van der Waals surface area (Å²) < 4.78 is 13.5. The lowest BCUT2D eigenvalue weighted by atomic mass is 10.1. The van der Waals surface area contributed by atoms with Gasteiger partial charge in [-0.2, -0.15) is 0 Å². The van der Waals surface area contributed by atoms with Crippen molar-refractivity contribution >= 4 is 5.84 Å². The van der Waals surface area contributed by atoms with Crippen molar-refractivity contribution in [3.05, 3.63) is 25.1 Å². The minimum Gasteiger partial charge on any atom is -0.390 e. The van der Waals surface area contributed by atoms with E-state index in [1.807, 2.05) is 0 Å². The molecule has 0 saturated heterocycles. The van der Waals surface area contributed by atoms with E-state index in [9.17, 15) is 9.50 Å². The lowest BCUT2D eigenvalue weighted by Gasteiger charge is -2.10. The molecule has 1 fully saturated rings. The summed E-state index contributed by atoms with van der Waals surface area (Å²) in [6.45, 7) is 5.26. The average Bonchev–Trinajstić information content (AvgIpc) is 2.47. The number of nitrogens with zero attached hydrogens (tertiary/aromatic N) is 1. The number of amidine groups is 1. The maximum atomic E-state index is 13.5. The van der Waals surface area contributed by atoms with E-state index in [4.69, 9.17) is 5.73 Å². The van der Waals surface area contributed by atoms with Gasteiger partial charge in [-0.1, -0.05) is 13.5 Å². The molecule has 0 heterocycles. The largest absolute Gasteiger partial charge is 0.390 e. The molecule has 4 unspecified atom stereocenters. The molecule has 16 heavy (non-hydrogen) atoms. The van der Waals surface area contributed by atoms with Gasteiger partial charge in [0.2, 0.25) is 0 Å². The van der Waals surface area contributed by atoms with Gasteiger partial charge in [0.15, 0.2) is 0 Å². The van der Waals surface area contributed by atoms with Crippen LogP contribution in [-0.4, -0.2) is 29.3 Å². The molecule has 4 atom stereocenters. The minimum absolute atomic E-state index is 0.0770. The van der Waals surface area contributed by atoms with Crippen LogP contribution >= 0.6 is 0 Å². The molecule has 5 heteroatoms. The highest BCUT2D eigenvalue weighted by Gasteiger charge is 2.40. The highest BCUT2D eigenvalue weighted by Crippen LogP contribution is 2.30. The van der Waals surface area contributed by atoms with Crippen LogP contribution in [0, 0.1) is 5.92 Å². The standard InChI is InChI=1S/C11H18FN3O/c1-3-14-5-4-9(13)15-8-6-7(2)11(16)10(8)12/h3-5,7-8,10-11,14,16H,1,6H2,2H3,(H2,13,15)/b5-4-. The number of aliphatic imine (C=N–C) groups is 1. The van der Waals surface area contributed by atoms with Gasteiger partial charge in [0.05, 0.1) is 12.1 Å². The molecule has 0 aliphatic heterocycles. The Kier molecular flexibility index (Phi) is 4.49. The molecule has 90 valence electrons. The first-order chi connectivity index (χ1) is 7.56. The van der Waals surface area contributed by atoms with Crippen LogP contribution in [0.25, 0.3) is 0 Å². The molecular weight excluding hydrogens is 209 g/mol. The third-order valence-corrected chi connectivity index (χ3v) is 2.67. The molecule has 4 N–H and O–H groups in total. The van der Waals surface area contributed by atoms with E-state index < -0.39 is 18.3 Å². The monoisotopic (exact) mass is 227 g/mol. The van der Waals surface area contributed by atoms with Gasteiger partial charge in [0.25, 0.3) is 0 Å². The van der Waals surface area contributed by atoms with Gasteiger partial charge >= 0.3 is 0 Å². The fraction of sp³-hybridized carbons (Fsp3) is 0.545. The zero-order valence-corrected chi connectivity index (χ0v) is 9.31. The van der Waals surface area contributed by atoms with Gasteiger partial charge < -0.3 is 16.2 Å². The van der Waals surface area contributed by atoms with Crippen molar-refractivity contribution in [3.8, 4) is 0 Å². The number of aliphatic hydroxyl groups is 1. The molecule has 0 aromatic carbocycles. The summed E-state index contributed by atoms with van der Waals surface area (Å²) in [6.07, 6.45) is 2.85. The molecule has 1 aliphatic carbocycles. The lowest BCUT2D eigenvalue weighted by Crippen LogP contribution is -2.26. The van der Waals surface area contributed by atoms with Crippen LogP contribution in [0.2, 0.25) is 0 Å². The summed E-state index contributed by atoms with van der Waals surface area (Å²) in [5.41, 5.74) is 5.59.